The van der Waals surface area contributed by atoms with Gasteiger partial charge in [-0.15, -0.1) is 11.3 Å². The number of amides is 1. The number of pyridine rings is 1. The Balaban J connectivity index is 1.77. The molecule has 2 aromatic heterocycles. The van der Waals surface area contributed by atoms with E-state index < -0.39 is 0 Å². The number of anilines is 1. The smallest absolute Gasteiger partial charge is 0.236 e. The number of hydrogen-bond acceptors (Lipinski definition) is 7. The molecule has 0 fully saturated rings. The van der Waals surface area contributed by atoms with E-state index in [0.717, 1.165) is 22.3 Å². The van der Waals surface area contributed by atoms with E-state index in [9.17, 15) is 10.1 Å². The quantitative estimate of drug-likeness (QED) is 0.646. The maximum absolute atomic E-state index is 12.1. The summed E-state index contributed by atoms with van der Waals surface area (Å²) in [6, 6.07) is 9.49. The van der Waals surface area contributed by atoms with E-state index in [0.29, 0.717) is 22.3 Å². The summed E-state index contributed by atoms with van der Waals surface area (Å²) >= 11 is 2.61. The van der Waals surface area contributed by atoms with Crippen LogP contribution in [0, 0.1) is 18.3 Å². The predicted octanol–water partition coefficient (Wildman–Crippen LogP) is 4.00. The second kappa shape index (κ2) is 8.17. The third-order valence-corrected chi connectivity index (χ3v) is 5.26. The minimum Gasteiger partial charge on any atom is -0.494 e. The second-order valence-electron chi connectivity index (χ2n) is 5.37. The maximum atomic E-state index is 12.1. The van der Waals surface area contributed by atoms with Gasteiger partial charge in [-0.3, -0.25) is 4.79 Å². The van der Waals surface area contributed by atoms with Gasteiger partial charge in [-0.1, -0.05) is 11.8 Å². The van der Waals surface area contributed by atoms with Gasteiger partial charge >= 0.3 is 0 Å². The van der Waals surface area contributed by atoms with Crippen LogP contribution in [-0.4, -0.2) is 28.2 Å². The zero-order valence-electron chi connectivity index (χ0n) is 14.3. The van der Waals surface area contributed by atoms with Gasteiger partial charge < -0.3 is 10.1 Å². The van der Waals surface area contributed by atoms with E-state index in [4.69, 9.17) is 4.74 Å². The van der Waals surface area contributed by atoms with E-state index >= 15 is 0 Å². The number of benzene rings is 1. The molecule has 132 valence electrons. The van der Waals surface area contributed by atoms with Crippen molar-refractivity contribution in [1.29, 1.82) is 5.26 Å². The van der Waals surface area contributed by atoms with Crippen LogP contribution in [0.3, 0.4) is 0 Å². The molecule has 3 rings (SSSR count). The molecular weight excluding hydrogens is 368 g/mol. The van der Waals surface area contributed by atoms with E-state index in [1.165, 1.54) is 23.1 Å². The Morgan fingerprint density at radius 2 is 2.23 bits per heavy atom. The molecule has 0 aliphatic heterocycles. The summed E-state index contributed by atoms with van der Waals surface area (Å²) in [5.74, 6) is 0.694. The van der Waals surface area contributed by atoms with Gasteiger partial charge in [0.25, 0.3) is 0 Å². The first-order valence-corrected chi connectivity index (χ1v) is 9.78. The number of nitrogens with one attached hydrogen (secondary N) is 1. The summed E-state index contributed by atoms with van der Waals surface area (Å²) in [4.78, 5) is 20.8. The molecule has 3 aromatic rings. The van der Waals surface area contributed by atoms with Crippen molar-refractivity contribution in [1.82, 2.24) is 9.97 Å². The van der Waals surface area contributed by atoms with Crippen LogP contribution in [0.25, 0.3) is 10.9 Å². The predicted molar refractivity (Wildman–Crippen MR) is 104 cm³/mol. The van der Waals surface area contributed by atoms with Crippen molar-refractivity contribution in [3.05, 3.63) is 40.9 Å². The van der Waals surface area contributed by atoms with Crippen molar-refractivity contribution in [3.63, 3.8) is 0 Å². The van der Waals surface area contributed by atoms with E-state index in [1.54, 1.807) is 6.07 Å². The molecule has 0 atom stereocenters. The summed E-state index contributed by atoms with van der Waals surface area (Å²) in [7, 11) is 0. The summed E-state index contributed by atoms with van der Waals surface area (Å²) in [5.41, 5.74) is 2.05. The second-order valence-corrected chi connectivity index (χ2v) is 7.19. The number of carbonyl (C=O) groups excluding carboxylic acids is 1. The molecule has 1 N–H and O–H groups in total. The number of aryl methyl sites for hydroxylation is 1. The summed E-state index contributed by atoms with van der Waals surface area (Å²) in [6.07, 6.45) is 0. The molecular formula is C18H16N4O2S2. The molecule has 8 heteroatoms. The molecule has 0 aliphatic rings. The molecule has 0 radical (unpaired) electrons. The van der Waals surface area contributed by atoms with Gasteiger partial charge in [0.15, 0.2) is 5.13 Å². The number of hydrogen-bond donors (Lipinski definition) is 1. The monoisotopic (exact) mass is 384 g/mol. The molecule has 26 heavy (non-hydrogen) atoms. The van der Waals surface area contributed by atoms with Gasteiger partial charge in [0.05, 0.1) is 29.1 Å². The van der Waals surface area contributed by atoms with Crippen LogP contribution >= 0.6 is 23.1 Å². The average molecular weight is 384 g/mol. The highest BCUT2D eigenvalue weighted by atomic mass is 32.2. The Morgan fingerprint density at radius 1 is 1.38 bits per heavy atom. The number of nitrogens with zero attached hydrogens (tertiary/aromatic N) is 3. The Morgan fingerprint density at radius 3 is 2.92 bits per heavy atom. The number of aromatic nitrogens is 2. The first-order valence-electron chi connectivity index (χ1n) is 7.91. The Hall–Kier alpha value is -2.63. The number of carbonyl (C=O) groups is 1. The Bertz CT molecular complexity index is 995. The lowest BCUT2D eigenvalue weighted by Crippen LogP contribution is -2.14. The van der Waals surface area contributed by atoms with E-state index in [1.807, 2.05) is 37.4 Å². The normalized spacial score (nSPS) is 10.5. The summed E-state index contributed by atoms with van der Waals surface area (Å²) in [5, 5.41) is 16.0. The first-order chi connectivity index (χ1) is 12.6. The molecule has 6 nitrogen and oxygen atoms in total. The van der Waals surface area contributed by atoms with Crippen molar-refractivity contribution in [2.45, 2.75) is 18.9 Å². The third kappa shape index (κ3) is 4.31. The molecule has 1 aromatic carbocycles. The average Bonchev–Trinajstić information content (AvgIpc) is 3.04. The summed E-state index contributed by atoms with van der Waals surface area (Å²) < 4.78 is 5.50. The molecule has 0 saturated carbocycles. The Kier molecular flexibility index (Phi) is 5.71. The molecule has 0 bridgehead atoms. The van der Waals surface area contributed by atoms with E-state index in [-0.39, 0.29) is 11.7 Å². The molecule has 0 aliphatic carbocycles. The topological polar surface area (TPSA) is 87.9 Å². The lowest BCUT2D eigenvalue weighted by Gasteiger charge is -2.08. The van der Waals surface area contributed by atoms with Crippen molar-refractivity contribution >= 4 is 45.0 Å². The van der Waals surface area contributed by atoms with Crippen molar-refractivity contribution in [2.75, 3.05) is 17.7 Å². The first kappa shape index (κ1) is 18.2. The van der Waals surface area contributed by atoms with Crippen LogP contribution in [0.15, 0.2) is 34.7 Å². The van der Waals surface area contributed by atoms with Crippen LogP contribution < -0.4 is 10.1 Å². The number of rotatable bonds is 6. The lowest BCUT2D eigenvalue weighted by molar-refractivity contribution is -0.113. The molecule has 1 amide bonds. The highest BCUT2D eigenvalue weighted by Gasteiger charge is 2.12. The van der Waals surface area contributed by atoms with E-state index in [2.05, 4.69) is 21.4 Å². The van der Waals surface area contributed by atoms with Crippen LogP contribution in [0.4, 0.5) is 5.13 Å². The van der Waals surface area contributed by atoms with Gasteiger partial charge in [-0.25, -0.2) is 9.97 Å². The minimum atomic E-state index is -0.182. The van der Waals surface area contributed by atoms with Crippen LogP contribution in [-0.2, 0) is 4.79 Å². The van der Waals surface area contributed by atoms with Crippen molar-refractivity contribution in [2.24, 2.45) is 0 Å². The number of nitriles is 1. The zero-order chi connectivity index (χ0) is 18.5. The number of ether oxygens (including phenoxy) is 1. The fraction of sp³-hybridized carbons (Fsp3) is 0.222. The fourth-order valence-corrected chi connectivity index (χ4v) is 3.74. The third-order valence-electron chi connectivity index (χ3n) is 3.39. The minimum absolute atomic E-state index is 0.150. The van der Waals surface area contributed by atoms with Crippen molar-refractivity contribution < 1.29 is 9.53 Å². The zero-order valence-corrected chi connectivity index (χ0v) is 15.9. The molecule has 0 saturated heterocycles. The van der Waals surface area contributed by atoms with Gasteiger partial charge in [0, 0.05) is 16.8 Å². The molecule has 2 heterocycles. The van der Waals surface area contributed by atoms with Crippen LogP contribution in [0.2, 0.25) is 0 Å². The SMILES string of the molecule is CCOc1ccc2cc(C#N)c(SCC(=O)Nc3nc(C)cs3)nc2c1. The number of thiazole rings is 1. The largest absolute Gasteiger partial charge is 0.494 e. The highest BCUT2D eigenvalue weighted by molar-refractivity contribution is 8.00. The van der Waals surface area contributed by atoms with Crippen LogP contribution in [0.5, 0.6) is 5.75 Å². The maximum Gasteiger partial charge on any atom is 0.236 e. The van der Waals surface area contributed by atoms with Crippen molar-refractivity contribution in [3.8, 4) is 11.8 Å². The summed E-state index contributed by atoms with van der Waals surface area (Å²) in [6.45, 7) is 4.36. The van der Waals surface area contributed by atoms with Crippen LogP contribution in [0.1, 0.15) is 18.2 Å². The fourth-order valence-electron chi connectivity index (χ4n) is 2.28. The van der Waals surface area contributed by atoms with Gasteiger partial charge in [-0.05, 0) is 32.0 Å². The standard InChI is InChI=1S/C18H16N4O2S2/c1-3-24-14-5-4-12-6-13(8-19)17(21-15(12)7-14)25-10-16(23)22-18-20-11(2)9-26-18/h4-7,9H,3,10H2,1-2H3,(H,20,22,23). The highest BCUT2D eigenvalue weighted by Crippen LogP contribution is 2.27. The van der Waals surface area contributed by atoms with Gasteiger partial charge in [0.1, 0.15) is 16.8 Å². The molecule has 0 unspecified atom stereocenters. The lowest BCUT2D eigenvalue weighted by atomic mass is 10.1. The molecule has 0 spiro atoms. The number of thioether (sulfide) groups is 1. The Labute approximate surface area is 159 Å². The van der Waals surface area contributed by atoms with Gasteiger partial charge in [0.2, 0.25) is 5.91 Å². The van der Waals surface area contributed by atoms with Gasteiger partial charge in [-0.2, -0.15) is 5.26 Å². The number of fused-ring (bicyclic) bond motifs is 1.